The summed E-state index contributed by atoms with van der Waals surface area (Å²) in [7, 11) is 0. The molecule has 1 aliphatic carbocycles. The molecule has 5 nitrogen and oxygen atoms in total. The Morgan fingerprint density at radius 3 is 2.79 bits per heavy atom. The van der Waals surface area contributed by atoms with Crippen molar-refractivity contribution in [1.82, 2.24) is 24.5 Å². The van der Waals surface area contributed by atoms with E-state index in [9.17, 15) is 0 Å². The summed E-state index contributed by atoms with van der Waals surface area (Å²) < 4.78 is 4.96. The summed E-state index contributed by atoms with van der Waals surface area (Å²) in [5.41, 5.74) is 2.30. The fourth-order valence-corrected chi connectivity index (χ4v) is 2.71. The number of H-pyrrole nitrogens is 1. The second-order valence-electron chi connectivity index (χ2n) is 5.32. The van der Waals surface area contributed by atoms with E-state index in [1.165, 1.54) is 18.5 Å². The highest BCUT2D eigenvalue weighted by Crippen LogP contribution is 2.38. The highest BCUT2D eigenvalue weighted by molar-refractivity contribution is 7.71. The molecule has 0 unspecified atom stereocenters. The second-order valence-corrected chi connectivity index (χ2v) is 5.70. The van der Waals surface area contributed by atoms with Gasteiger partial charge in [0.25, 0.3) is 0 Å². The van der Waals surface area contributed by atoms with E-state index in [1.54, 1.807) is 0 Å². The number of nitrogens with zero attached hydrogens (tertiary/aromatic N) is 4. The molecule has 0 radical (unpaired) electrons. The molecular weight excluding hydrogens is 258 g/mol. The quantitative estimate of drug-likeness (QED) is 0.855. The van der Waals surface area contributed by atoms with E-state index in [0.717, 1.165) is 35.8 Å². The summed E-state index contributed by atoms with van der Waals surface area (Å²) in [4.78, 5) is 0. The minimum atomic E-state index is 0.627. The van der Waals surface area contributed by atoms with Gasteiger partial charge in [-0.3, -0.25) is 9.78 Å². The van der Waals surface area contributed by atoms with Crippen molar-refractivity contribution in [1.29, 1.82) is 0 Å². The van der Waals surface area contributed by atoms with Crippen LogP contribution in [-0.4, -0.2) is 24.5 Å². The molecule has 3 rings (SSSR count). The van der Waals surface area contributed by atoms with Gasteiger partial charge in [-0.2, -0.15) is 10.2 Å². The van der Waals surface area contributed by atoms with Crippen molar-refractivity contribution < 1.29 is 0 Å². The van der Waals surface area contributed by atoms with E-state index < -0.39 is 0 Å². The van der Waals surface area contributed by atoms with Crippen LogP contribution in [0.5, 0.6) is 0 Å². The highest BCUT2D eigenvalue weighted by atomic mass is 32.1. The lowest BCUT2D eigenvalue weighted by atomic mass is 10.3. The van der Waals surface area contributed by atoms with E-state index >= 15 is 0 Å². The minimum absolute atomic E-state index is 0.627. The van der Waals surface area contributed by atoms with E-state index in [4.69, 9.17) is 12.2 Å². The Morgan fingerprint density at radius 2 is 2.16 bits per heavy atom. The van der Waals surface area contributed by atoms with Gasteiger partial charge in [-0.1, -0.05) is 0 Å². The summed E-state index contributed by atoms with van der Waals surface area (Å²) >= 11 is 5.30. The number of aryl methyl sites for hydroxylation is 3. The molecule has 0 aromatic carbocycles. The van der Waals surface area contributed by atoms with Gasteiger partial charge in [-0.25, -0.2) is 0 Å². The van der Waals surface area contributed by atoms with Gasteiger partial charge in [0.2, 0.25) is 0 Å². The Morgan fingerprint density at radius 1 is 1.37 bits per heavy atom. The largest absolute Gasteiger partial charge is 0.304 e. The summed E-state index contributed by atoms with van der Waals surface area (Å²) in [6.07, 6.45) is 3.52. The Labute approximate surface area is 117 Å². The second kappa shape index (κ2) is 4.92. The number of hydrogen-bond acceptors (Lipinski definition) is 3. The zero-order valence-electron chi connectivity index (χ0n) is 11.4. The topological polar surface area (TPSA) is 51.4 Å². The van der Waals surface area contributed by atoms with Crippen molar-refractivity contribution >= 4 is 12.2 Å². The monoisotopic (exact) mass is 277 g/mol. The summed E-state index contributed by atoms with van der Waals surface area (Å²) in [5, 5.41) is 11.7. The fraction of sp³-hybridized carbons (Fsp3) is 0.615. The lowest BCUT2D eigenvalue weighted by Crippen LogP contribution is -2.09. The van der Waals surface area contributed by atoms with Crippen LogP contribution in [0.2, 0.25) is 0 Å². The van der Waals surface area contributed by atoms with Crippen molar-refractivity contribution in [2.75, 3.05) is 0 Å². The Hall–Kier alpha value is -1.43. The lowest BCUT2D eigenvalue weighted by Gasteiger charge is -2.07. The molecule has 102 valence electrons. The van der Waals surface area contributed by atoms with Gasteiger partial charge in [0, 0.05) is 24.7 Å². The molecule has 1 saturated carbocycles. The minimum Gasteiger partial charge on any atom is -0.304 e. The maximum atomic E-state index is 5.30. The number of rotatable bonds is 5. The predicted octanol–water partition coefficient (Wildman–Crippen LogP) is 2.72. The SMILES string of the molecule is Cc1cc(C)n(CCCn2c(C3CC3)n[nH]c2=S)n1. The molecule has 0 amide bonds. The molecule has 0 saturated heterocycles. The standard InChI is InChI=1S/C13H19N5S/c1-9-8-10(2)18(16-9)7-3-6-17-12(11-4-5-11)14-15-13(17)19/h8,11H,3-7H2,1-2H3,(H,15,19). The maximum absolute atomic E-state index is 5.30. The van der Waals surface area contributed by atoms with Crippen molar-refractivity contribution in [3.8, 4) is 0 Å². The first-order chi connectivity index (χ1) is 9.15. The third-order valence-electron chi connectivity index (χ3n) is 3.59. The van der Waals surface area contributed by atoms with Crippen LogP contribution in [0.3, 0.4) is 0 Å². The normalized spacial score (nSPS) is 15.1. The van der Waals surface area contributed by atoms with Crippen LogP contribution in [0.15, 0.2) is 6.07 Å². The molecule has 1 N–H and O–H groups in total. The molecule has 0 spiro atoms. The molecule has 0 bridgehead atoms. The first kappa shape index (κ1) is 12.6. The van der Waals surface area contributed by atoms with Crippen LogP contribution in [0.25, 0.3) is 0 Å². The van der Waals surface area contributed by atoms with Crippen molar-refractivity contribution in [2.24, 2.45) is 0 Å². The summed E-state index contributed by atoms with van der Waals surface area (Å²) in [6.45, 7) is 5.97. The van der Waals surface area contributed by atoms with Crippen LogP contribution in [0, 0.1) is 18.6 Å². The zero-order chi connectivity index (χ0) is 13.4. The number of aromatic amines is 1. The molecule has 19 heavy (non-hydrogen) atoms. The van der Waals surface area contributed by atoms with Gasteiger partial charge in [-0.05, 0) is 51.4 Å². The van der Waals surface area contributed by atoms with Crippen LogP contribution in [-0.2, 0) is 13.1 Å². The van der Waals surface area contributed by atoms with E-state index in [1.807, 2.05) is 6.92 Å². The average molecular weight is 277 g/mol. The van der Waals surface area contributed by atoms with Crippen molar-refractivity contribution in [2.45, 2.75) is 52.1 Å². The van der Waals surface area contributed by atoms with Gasteiger partial charge >= 0.3 is 0 Å². The molecule has 2 aromatic rings. The van der Waals surface area contributed by atoms with Crippen LogP contribution < -0.4 is 0 Å². The van der Waals surface area contributed by atoms with Crippen molar-refractivity contribution in [3.05, 3.63) is 28.0 Å². The van der Waals surface area contributed by atoms with E-state index in [0.29, 0.717) is 5.92 Å². The molecular formula is C13H19N5S. The molecule has 0 aliphatic heterocycles. The maximum Gasteiger partial charge on any atom is 0.195 e. The number of nitrogens with one attached hydrogen (secondary N) is 1. The third-order valence-corrected chi connectivity index (χ3v) is 3.90. The Kier molecular flexibility index (Phi) is 3.26. The molecule has 6 heteroatoms. The van der Waals surface area contributed by atoms with Crippen molar-refractivity contribution in [3.63, 3.8) is 0 Å². The Bertz CT molecular complexity index is 632. The highest BCUT2D eigenvalue weighted by Gasteiger charge is 2.28. The third kappa shape index (κ3) is 2.63. The van der Waals surface area contributed by atoms with E-state index in [2.05, 4.69) is 37.5 Å². The summed E-state index contributed by atoms with van der Waals surface area (Å²) in [5.74, 6) is 1.76. The first-order valence-electron chi connectivity index (χ1n) is 6.81. The van der Waals surface area contributed by atoms with Crippen LogP contribution >= 0.6 is 12.2 Å². The fourth-order valence-electron chi connectivity index (χ4n) is 2.48. The number of hydrogen-bond donors (Lipinski definition) is 1. The van der Waals surface area contributed by atoms with Gasteiger partial charge < -0.3 is 4.57 Å². The van der Waals surface area contributed by atoms with Gasteiger partial charge in [0.15, 0.2) is 4.77 Å². The lowest BCUT2D eigenvalue weighted by molar-refractivity contribution is 0.505. The van der Waals surface area contributed by atoms with Crippen LogP contribution in [0.4, 0.5) is 0 Å². The predicted molar refractivity (Wildman–Crippen MR) is 75.7 cm³/mol. The number of aromatic nitrogens is 5. The molecule has 1 aliphatic rings. The molecule has 1 fully saturated rings. The zero-order valence-corrected chi connectivity index (χ0v) is 12.2. The molecule has 2 aromatic heterocycles. The van der Waals surface area contributed by atoms with Crippen LogP contribution in [0.1, 0.15) is 42.4 Å². The first-order valence-corrected chi connectivity index (χ1v) is 7.22. The molecule has 2 heterocycles. The molecule has 0 atom stereocenters. The summed E-state index contributed by atoms with van der Waals surface area (Å²) in [6, 6.07) is 2.11. The van der Waals surface area contributed by atoms with Gasteiger partial charge in [0.05, 0.1) is 5.69 Å². The van der Waals surface area contributed by atoms with Gasteiger partial charge in [0.1, 0.15) is 5.82 Å². The average Bonchev–Trinajstić information content (AvgIpc) is 3.07. The Balaban J connectivity index is 1.65. The van der Waals surface area contributed by atoms with E-state index in [-0.39, 0.29) is 0 Å². The smallest absolute Gasteiger partial charge is 0.195 e. The van der Waals surface area contributed by atoms with Gasteiger partial charge in [-0.15, -0.1) is 0 Å².